The van der Waals surface area contributed by atoms with E-state index in [0.717, 1.165) is 23.9 Å². The van der Waals surface area contributed by atoms with Crippen molar-refractivity contribution in [3.05, 3.63) is 46.3 Å². The molecule has 0 saturated heterocycles. The Morgan fingerprint density at radius 1 is 1.42 bits per heavy atom. The van der Waals surface area contributed by atoms with Gasteiger partial charge in [0.2, 0.25) is 5.88 Å². The number of hydrogen-bond acceptors (Lipinski definition) is 4. The summed E-state index contributed by atoms with van der Waals surface area (Å²) in [7, 11) is 1.67. The molecule has 0 bridgehead atoms. The van der Waals surface area contributed by atoms with Gasteiger partial charge < -0.3 is 10.1 Å². The second-order valence-corrected chi connectivity index (χ2v) is 5.86. The van der Waals surface area contributed by atoms with Crippen molar-refractivity contribution < 1.29 is 4.74 Å². The highest BCUT2D eigenvalue weighted by Gasteiger charge is 2.32. The van der Waals surface area contributed by atoms with Gasteiger partial charge in [-0.3, -0.25) is 0 Å². The lowest BCUT2D eigenvalue weighted by molar-refractivity contribution is 0.386. The van der Waals surface area contributed by atoms with Crippen LogP contribution < -0.4 is 10.1 Å². The smallest absolute Gasteiger partial charge is 0.217 e. The van der Waals surface area contributed by atoms with Gasteiger partial charge in [-0.25, -0.2) is 4.98 Å². The Kier molecular flexibility index (Phi) is 3.80. The first-order valence-electron chi connectivity index (χ1n) is 6.63. The molecule has 1 fully saturated rings. The SMILES string of the molecule is COc1ncccc1CNC(c1cccs1)C1CC1. The fourth-order valence-electron chi connectivity index (χ4n) is 2.36. The first kappa shape index (κ1) is 12.6. The molecule has 1 unspecified atom stereocenters. The van der Waals surface area contributed by atoms with Crippen molar-refractivity contribution in [1.29, 1.82) is 0 Å². The summed E-state index contributed by atoms with van der Waals surface area (Å²) in [4.78, 5) is 5.67. The minimum Gasteiger partial charge on any atom is -0.481 e. The maximum absolute atomic E-state index is 5.30. The van der Waals surface area contributed by atoms with E-state index in [0.29, 0.717) is 6.04 Å². The van der Waals surface area contributed by atoms with E-state index in [1.54, 1.807) is 13.3 Å². The van der Waals surface area contributed by atoms with Gasteiger partial charge in [0, 0.05) is 29.2 Å². The zero-order valence-electron chi connectivity index (χ0n) is 11.0. The van der Waals surface area contributed by atoms with Crippen molar-refractivity contribution in [2.75, 3.05) is 7.11 Å². The molecule has 2 heterocycles. The summed E-state index contributed by atoms with van der Waals surface area (Å²) < 4.78 is 5.30. The molecule has 1 saturated carbocycles. The lowest BCUT2D eigenvalue weighted by Gasteiger charge is -2.17. The fraction of sp³-hybridized carbons (Fsp3) is 0.400. The molecule has 0 aromatic carbocycles. The minimum absolute atomic E-state index is 0.477. The maximum Gasteiger partial charge on any atom is 0.217 e. The van der Waals surface area contributed by atoms with Crippen LogP contribution in [0.2, 0.25) is 0 Å². The van der Waals surface area contributed by atoms with E-state index < -0.39 is 0 Å². The summed E-state index contributed by atoms with van der Waals surface area (Å²) in [5.41, 5.74) is 1.12. The lowest BCUT2D eigenvalue weighted by atomic mass is 10.1. The van der Waals surface area contributed by atoms with Gasteiger partial charge in [0.15, 0.2) is 0 Å². The van der Waals surface area contributed by atoms with Crippen LogP contribution in [0.15, 0.2) is 35.8 Å². The first-order chi connectivity index (χ1) is 9.38. The van der Waals surface area contributed by atoms with E-state index in [1.807, 2.05) is 17.4 Å². The summed E-state index contributed by atoms with van der Waals surface area (Å²) in [6.45, 7) is 0.802. The van der Waals surface area contributed by atoms with E-state index in [-0.39, 0.29) is 0 Å². The van der Waals surface area contributed by atoms with Crippen LogP contribution in [-0.2, 0) is 6.54 Å². The molecule has 0 spiro atoms. The molecule has 0 amide bonds. The number of nitrogens with one attached hydrogen (secondary N) is 1. The summed E-state index contributed by atoms with van der Waals surface area (Å²) in [5.74, 6) is 1.51. The molecule has 2 aromatic rings. The Balaban J connectivity index is 1.70. The number of thiophene rings is 1. The van der Waals surface area contributed by atoms with E-state index >= 15 is 0 Å². The van der Waals surface area contributed by atoms with Crippen LogP contribution in [0.3, 0.4) is 0 Å². The zero-order chi connectivity index (χ0) is 13.1. The highest BCUT2D eigenvalue weighted by Crippen LogP contribution is 2.42. The zero-order valence-corrected chi connectivity index (χ0v) is 11.8. The molecule has 0 radical (unpaired) electrons. The molecule has 2 aromatic heterocycles. The maximum atomic E-state index is 5.30. The topological polar surface area (TPSA) is 34.1 Å². The number of rotatable bonds is 6. The molecule has 19 heavy (non-hydrogen) atoms. The second kappa shape index (κ2) is 5.72. The highest BCUT2D eigenvalue weighted by atomic mass is 32.1. The molecule has 1 aliphatic carbocycles. The molecule has 3 rings (SSSR count). The van der Waals surface area contributed by atoms with Crippen molar-refractivity contribution in [1.82, 2.24) is 10.3 Å². The molecule has 1 atom stereocenters. The van der Waals surface area contributed by atoms with E-state index in [9.17, 15) is 0 Å². The number of aromatic nitrogens is 1. The first-order valence-corrected chi connectivity index (χ1v) is 7.51. The number of nitrogens with zero attached hydrogens (tertiary/aromatic N) is 1. The highest BCUT2D eigenvalue weighted by molar-refractivity contribution is 7.10. The average molecular weight is 274 g/mol. The molecule has 4 heteroatoms. The normalized spacial score (nSPS) is 16.3. The largest absolute Gasteiger partial charge is 0.481 e. The summed E-state index contributed by atoms with van der Waals surface area (Å²) in [5, 5.41) is 5.82. The van der Waals surface area contributed by atoms with Crippen molar-refractivity contribution in [2.24, 2.45) is 5.92 Å². The Hall–Kier alpha value is -1.39. The van der Waals surface area contributed by atoms with Gasteiger partial charge in [-0.1, -0.05) is 12.1 Å². The summed E-state index contributed by atoms with van der Waals surface area (Å²) >= 11 is 1.84. The molecular weight excluding hydrogens is 256 g/mol. The molecule has 1 aliphatic rings. The Bertz CT molecular complexity index is 523. The van der Waals surface area contributed by atoms with E-state index in [4.69, 9.17) is 4.74 Å². The fourth-order valence-corrected chi connectivity index (χ4v) is 3.25. The Morgan fingerprint density at radius 2 is 2.32 bits per heavy atom. The third-order valence-electron chi connectivity index (χ3n) is 3.50. The standard InChI is InChI=1S/C15H18N2OS/c1-18-15-12(4-2-8-16-15)10-17-14(11-6-7-11)13-5-3-9-19-13/h2-5,8-9,11,14,17H,6-7,10H2,1H3. The quantitative estimate of drug-likeness (QED) is 0.876. The number of ether oxygens (including phenoxy) is 1. The third kappa shape index (κ3) is 2.96. The van der Waals surface area contributed by atoms with Gasteiger partial charge in [-0.15, -0.1) is 11.3 Å². The van der Waals surface area contributed by atoms with Crippen molar-refractivity contribution in [3.8, 4) is 5.88 Å². The van der Waals surface area contributed by atoms with Crippen molar-refractivity contribution in [2.45, 2.75) is 25.4 Å². The van der Waals surface area contributed by atoms with Crippen LogP contribution in [0.5, 0.6) is 5.88 Å². The minimum atomic E-state index is 0.477. The number of hydrogen-bond donors (Lipinski definition) is 1. The summed E-state index contributed by atoms with van der Waals surface area (Å²) in [6, 6.07) is 8.85. The van der Waals surface area contributed by atoms with Gasteiger partial charge in [0.05, 0.1) is 7.11 Å². The van der Waals surface area contributed by atoms with Gasteiger partial charge in [-0.2, -0.15) is 0 Å². The van der Waals surface area contributed by atoms with Crippen LogP contribution in [0.1, 0.15) is 29.3 Å². The van der Waals surface area contributed by atoms with Crippen LogP contribution >= 0.6 is 11.3 Å². The number of methoxy groups -OCH3 is 1. The molecule has 1 N–H and O–H groups in total. The predicted octanol–water partition coefficient (Wildman–Crippen LogP) is 3.39. The number of pyridine rings is 1. The third-order valence-corrected chi connectivity index (χ3v) is 4.45. The van der Waals surface area contributed by atoms with Crippen LogP contribution in [0, 0.1) is 5.92 Å². The van der Waals surface area contributed by atoms with Crippen LogP contribution in [0.4, 0.5) is 0 Å². The molecular formula is C15H18N2OS. The van der Waals surface area contributed by atoms with Crippen molar-refractivity contribution in [3.63, 3.8) is 0 Å². The van der Waals surface area contributed by atoms with Gasteiger partial charge in [0.1, 0.15) is 0 Å². The molecule has 100 valence electrons. The lowest BCUT2D eigenvalue weighted by Crippen LogP contribution is -2.22. The molecule has 0 aliphatic heterocycles. The van der Waals surface area contributed by atoms with E-state index in [1.165, 1.54) is 17.7 Å². The van der Waals surface area contributed by atoms with Gasteiger partial charge in [0.25, 0.3) is 0 Å². The molecule has 3 nitrogen and oxygen atoms in total. The average Bonchev–Trinajstić information content (AvgIpc) is 3.14. The predicted molar refractivity (Wildman–Crippen MR) is 77.4 cm³/mol. The van der Waals surface area contributed by atoms with Gasteiger partial charge in [-0.05, 0) is 36.3 Å². The van der Waals surface area contributed by atoms with Crippen LogP contribution in [-0.4, -0.2) is 12.1 Å². The monoisotopic (exact) mass is 274 g/mol. The Morgan fingerprint density at radius 3 is 3.00 bits per heavy atom. The van der Waals surface area contributed by atoms with Crippen molar-refractivity contribution >= 4 is 11.3 Å². The van der Waals surface area contributed by atoms with E-state index in [2.05, 4.69) is 33.9 Å². The van der Waals surface area contributed by atoms with Gasteiger partial charge >= 0.3 is 0 Å². The Labute approximate surface area is 117 Å². The second-order valence-electron chi connectivity index (χ2n) is 4.88. The van der Waals surface area contributed by atoms with Crippen LogP contribution in [0.25, 0.3) is 0 Å². The summed E-state index contributed by atoms with van der Waals surface area (Å²) in [6.07, 6.45) is 4.43.